The summed E-state index contributed by atoms with van der Waals surface area (Å²) in [4.78, 5) is 0. The second-order valence-electron chi connectivity index (χ2n) is 4.67. The van der Waals surface area contributed by atoms with E-state index in [2.05, 4.69) is 12.2 Å². The van der Waals surface area contributed by atoms with Gasteiger partial charge in [-0.2, -0.15) is 0 Å². The number of rotatable bonds is 5. The van der Waals surface area contributed by atoms with Crippen LogP contribution in [0.5, 0.6) is 0 Å². The molecular formula is C14H20FNO2. The van der Waals surface area contributed by atoms with Crippen molar-refractivity contribution in [3.05, 3.63) is 35.6 Å². The Morgan fingerprint density at radius 1 is 1.39 bits per heavy atom. The van der Waals surface area contributed by atoms with Gasteiger partial charge in [0.2, 0.25) is 0 Å². The highest BCUT2D eigenvalue weighted by molar-refractivity contribution is 5.18. The average Bonchev–Trinajstić information content (AvgIpc) is 2.40. The molecule has 2 unspecified atom stereocenters. The highest BCUT2D eigenvalue weighted by Crippen LogP contribution is 2.09. The van der Waals surface area contributed by atoms with Gasteiger partial charge < -0.3 is 14.8 Å². The van der Waals surface area contributed by atoms with E-state index in [-0.39, 0.29) is 18.0 Å². The molecule has 100 valence electrons. The molecular weight excluding hydrogens is 233 g/mol. The molecule has 1 aliphatic rings. The van der Waals surface area contributed by atoms with E-state index < -0.39 is 0 Å². The summed E-state index contributed by atoms with van der Waals surface area (Å²) in [6, 6.07) is 7.12. The summed E-state index contributed by atoms with van der Waals surface area (Å²) in [6.45, 7) is 4.78. The molecule has 0 amide bonds. The molecule has 0 radical (unpaired) electrons. The van der Waals surface area contributed by atoms with Gasteiger partial charge in [-0.25, -0.2) is 4.39 Å². The van der Waals surface area contributed by atoms with Crippen LogP contribution in [0.3, 0.4) is 0 Å². The Morgan fingerprint density at radius 2 is 2.22 bits per heavy atom. The molecule has 1 aromatic rings. The van der Waals surface area contributed by atoms with Gasteiger partial charge in [-0.15, -0.1) is 0 Å². The molecule has 1 N–H and O–H groups in total. The molecule has 1 fully saturated rings. The Morgan fingerprint density at radius 3 is 2.94 bits per heavy atom. The van der Waals surface area contributed by atoms with Crippen LogP contribution in [-0.2, 0) is 15.9 Å². The number of ether oxygens (including phenoxy) is 2. The minimum atomic E-state index is -0.136. The topological polar surface area (TPSA) is 30.5 Å². The minimum Gasteiger partial charge on any atom is -0.376 e. The third-order valence-corrected chi connectivity index (χ3v) is 3.06. The average molecular weight is 253 g/mol. The molecule has 0 spiro atoms. The molecule has 0 saturated carbocycles. The van der Waals surface area contributed by atoms with Gasteiger partial charge in [0.1, 0.15) is 5.82 Å². The molecule has 1 aromatic carbocycles. The van der Waals surface area contributed by atoms with E-state index >= 15 is 0 Å². The van der Waals surface area contributed by atoms with Crippen LogP contribution in [0.15, 0.2) is 24.3 Å². The normalized spacial score (nSPS) is 21.8. The summed E-state index contributed by atoms with van der Waals surface area (Å²) in [6.07, 6.45) is 0.794. The first kappa shape index (κ1) is 13.5. The molecule has 18 heavy (non-hydrogen) atoms. The first-order valence-electron chi connectivity index (χ1n) is 6.42. The molecule has 0 aliphatic carbocycles. The fraction of sp³-hybridized carbons (Fsp3) is 0.571. The summed E-state index contributed by atoms with van der Waals surface area (Å²) in [5.74, 6) is -0.136. The smallest absolute Gasteiger partial charge is 0.126 e. The zero-order valence-corrected chi connectivity index (χ0v) is 10.7. The lowest BCUT2D eigenvalue weighted by atomic mass is 10.1. The summed E-state index contributed by atoms with van der Waals surface area (Å²) in [5, 5.41) is 3.36. The monoisotopic (exact) mass is 253 g/mol. The van der Waals surface area contributed by atoms with Gasteiger partial charge in [0, 0.05) is 12.6 Å². The first-order chi connectivity index (χ1) is 8.75. The first-order valence-corrected chi connectivity index (χ1v) is 6.42. The molecule has 0 aromatic heterocycles. The molecule has 0 bridgehead atoms. The van der Waals surface area contributed by atoms with Crippen LogP contribution in [-0.4, -0.2) is 38.5 Å². The minimum absolute atomic E-state index is 0.113. The maximum absolute atomic E-state index is 13.5. The lowest BCUT2D eigenvalue weighted by molar-refractivity contribution is -0.0869. The van der Waals surface area contributed by atoms with Crippen molar-refractivity contribution in [1.29, 1.82) is 0 Å². The van der Waals surface area contributed by atoms with E-state index in [9.17, 15) is 4.39 Å². The van der Waals surface area contributed by atoms with Crippen molar-refractivity contribution in [3.63, 3.8) is 0 Å². The van der Waals surface area contributed by atoms with Gasteiger partial charge in [0.05, 0.1) is 25.9 Å². The van der Waals surface area contributed by atoms with Crippen molar-refractivity contribution >= 4 is 0 Å². The Labute approximate surface area is 107 Å². The van der Waals surface area contributed by atoms with Crippen LogP contribution in [0.2, 0.25) is 0 Å². The number of nitrogens with one attached hydrogen (secondary N) is 1. The van der Waals surface area contributed by atoms with Crippen molar-refractivity contribution in [2.24, 2.45) is 0 Å². The van der Waals surface area contributed by atoms with E-state index in [0.29, 0.717) is 26.2 Å². The Kier molecular flexibility index (Phi) is 5.11. The molecule has 2 rings (SSSR count). The van der Waals surface area contributed by atoms with Crippen molar-refractivity contribution in [3.8, 4) is 0 Å². The Bertz CT molecular complexity index is 367. The largest absolute Gasteiger partial charge is 0.376 e. The molecule has 2 atom stereocenters. The summed E-state index contributed by atoms with van der Waals surface area (Å²) in [5.41, 5.74) is 0.748. The third kappa shape index (κ3) is 4.05. The number of hydrogen-bond acceptors (Lipinski definition) is 3. The van der Waals surface area contributed by atoms with Crippen LogP contribution in [0.4, 0.5) is 4.39 Å². The Hall–Kier alpha value is -0.970. The highest BCUT2D eigenvalue weighted by atomic mass is 19.1. The predicted molar refractivity (Wildman–Crippen MR) is 68.1 cm³/mol. The molecule has 3 nitrogen and oxygen atoms in total. The van der Waals surface area contributed by atoms with Gasteiger partial charge in [-0.3, -0.25) is 0 Å². The van der Waals surface area contributed by atoms with Gasteiger partial charge in [-0.05, 0) is 25.0 Å². The standard InChI is InChI=1S/C14H20FNO2/c1-11(8-12-4-2-3-5-14(12)15)16-9-13-10-17-6-7-18-13/h2-5,11,13,16H,6-10H2,1H3. The van der Waals surface area contributed by atoms with Gasteiger partial charge in [-0.1, -0.05) is 18.2 Å². The second kappa shape index (κ2) is 6.83. The number of halogens is 1. The SMILES string of the molecule is CC(Cc1ccccc1F)NCC1COCCO1. The van der Waals surface area contributed by atoms with Crippen LogP contribution in [0.1, 0.15) is 12.5 Å². The van der Waals surface area contributed by atoms with E-state index in [4.69, 9.17) is 9.47 Å². The molecule has 1 aliphatic heterocycles. The van der Waals surface area contributed by atoms with Crippen LogP contribution in [0, 0.1) is 5.82 Å². The molecule has 4 heteroatoms. The van der Waals surface area contributed by atoms with Gasteiger partial charge >= 0.3 is 0 Å². The van der Waals surface area contributed by atoms with Crippen molar-refractivity contribution in [2.45, 2.75) is 25.5 Å². The maximum atomic E-state index is 13.5. The lowest BCUT2D eigenvalue weighted by Crippen LogP contribution is -2.41. The van der Waals surface area contributed by atoms with Crippen LogP contribution in [0.25, 0.3) is 0 Å². The van der Waals surface area contributed by atoms with Crippen LogP contribution >= 0.6 is 0 Å². The zero-order chi connectivity index (χ0) is 12.8. The van der Waals surface area contributed by atoms with Gasteiger partial charge in [0.15, 0.2) is 0 Å². The van der Waals surface area contributed by atoms with E-state index in [1.54, 1.807) is 6.07 Å². The maximum Gasteiger partial charge on any atom is 0.126 e. The van der Waals surface area contributed by atoms with Crippen molar-refractivity contribution in [1.82, 2.24) is 5.32 Å². The van der Waals surface area contributed by atoms with Gasteiger partial charge in [0.25, 0.3) is 0 Å². The summed E-state index contributed by atoms with van der Waals surface area (Å²) >= 11 is 0. The summed E-state index contributed by atoms with van der Waals surface area (Å²) < 4.78 is 24.3. The second-order valence-corrected chi connectivity index (χ2v) is 4.67. The quantitative estimate of drug-likeness (QED) is 0.867. The van der Waals surface area contributed by atoms with E-state index in [1.165, 1.54) is 6.07 Å². The zero-order valence-electron chi connectivity index (χ0n) is 10.7. The Balaban J connectivity index is 1.74. The van der Waals surface area contributed by atoms with E-state index in [1.807, 2.05) is 12.1 Å². The van der Waals surface area contributed by atoms with E-state index in [0.717, 1.165) is 12.1 Å². The fourth-order valence-electron chi connectivity index (χ4n) is 2.05. The van der Waals surface area contributed by atoms with Crippen molar-refractivity contribution < 1.29 is 13.9 Å². The number of hydrogen-bond donors (Lipinski definition) is 1. The molecule has 1 heterocycles. The number of benzene rings is 1. The predicted octanol–water partition coefficient (Wildman–Crippen LogP) is 1.76. The van der Waals surface area contributed by atoms with Crippen LogP contribution < -0.4 is 5.32 Å². The lowest BCUT2D eigenvalue weighted by Gasteiger charge is -2.25. The fourth-order valence-corrected chi connectivity index (χ4v) is 2.05. The third-order valence-electron chi connectivity index (χ3n) is 3.06. The summed E-state index contributed by atoms with van der Waals surface area (Å²) in [7, 11) is 0. The molecule has 1 saturated heterocycles. The van der Waals surface area contributed by atoms with Crippen molar-refractivity contribution in [2.75, 3.05) is 26.4 Å². The highest BCUT2D eigenvalue weighted by Gasteiger charge is 2.15.